The van der Waals surface area contributed by atoms with Gasteiger partial charge in [-0.15, -0.1) is 0 Å². The number of carboxylic acids is 1. The van der Waals surface area contributed by atoms with Gasteiger partial charge in [0.25, 0.3) is 0 Å². The van der Waals surface area contributed by atoms with Crippen LogP contribution in [0.4, 0.5) is 0 Å². The number of ether oxygens (including phenoxy) is 2. The van der Waals surface area contributed by atoms with Crippen LogP contribution in [0.15, 0.2) is 18.2 Å². The van der Waals surface area contributed by atoms with Gasteiger partial charge >= 0.3 is 5.97 Å². The Balaban J connectivity index is 1.57. The Labute approximate surface area is 141 Å². The Hall–Kier alpha value is -2.24. The lowest BCUT2D eigenvalue weighted by molar-refractivity contribution is -0.137. The van der Waals surface area contributed by atoms with Gasteiger partial charge in [-0.1, -0.05) is 6.07 Å². The van der Waals surface area contributed by atoms with Gasteiger partial charge < -0.3 is 19.5 Å². The number of nitrogens with zero attached hydrogens (tertiary/aromatic N) is 1. The van der Waals surface area contributed by atoms with Crippen LogP contribution in [0.3, 0.4) is 0 Å². The van der Waals surface area contributed by atoms with Gasteiger partial charge in [0, 0.05) is 19.5 Å². The van der Waals surface area contributed by atoms with E-state index in [1.807, 2.05) is 23.1 Å². The Kier molecular flexibility index (Phi) is 5.23. The lowest BCUT2D eigenvalue weighted by Gasteiger charge is -2.32. The smallest absolute Gasteiger partial charge is 0.303 e. The van der Waals surface area contributed by atoms with E-state index >= 15 is 0 Å². The highest BCUT2D eigenvalue weighted by Gasteiger charge is 2.24. The minimum Gasteiger partial charge on any atom is -0.486 e. The summed E-state index contributed by atoms with van der Waals surface area (Å²) < 4.78 is 11.0. The standard InChI is InChI=1S/C18H23NO5/c20-17(19-7-1-2-13(12-19)4-6-18(21)22)11-14-3-5-15-16(10-14)24-9-8-23-15/h3,5,10,13H,1-2,4,6-9,11-12H2,(H,21,22). The van der Waals surface area contributed by atoms with Crippen LogP contribution in [0.25, 0.3) is 0 Å². The number of aliphatic carboxylic acids is 1. The summed E-state index contributed by atoms with van der Waals surface area (Å²) in [5.41, 5.74) is 0.914. The van der Waals surface area contributed by atoms with Crippen molar-refractivity contribution in [2.45, 2.75) is 32.1 Å². The van der Waals surface area contributed by atoms with Crippen molar-refractivity contribution >= 4 is 11.9 Å². The third kappa shape index (κ3) is 4.19. The summed E-state index contributed by atoms with van der Waals surface area (Å²) >= 11 is 0. The molecule has 0 aliphatic carbocycles. The topological polar surface area (TPSA) is 76.1 Å². The van der Waals surface area contributed by atoms with E-state index in [-0.39, 0.29) is 12.3 Å². The summed E-state index contributed by atoms with van der Waals surface area (Å²) in [4.78, 5) is 25.1. The van der Waals surface area contributed by atoms with Crippen LogP contribution < -0.4 is 9.47 Å². The molecular weight excluding hydrogens is 310 g/mol. The molecular formula is C18H23NO5. The van der Waals surface area contributed by atoms with Crippen LogP contribution in [0.5, 0.6) is 11.5 Å². The van der Waals surface area contributed by atoms with E-state index in [2.05, 4.69) is 0 Å². The van der Waals surface area contributed by atoms with Crippen LogP contribution in [-0.2, 0) is 16.0 Å². The predicted molar refractivity (Wildman–Crippen MR) is 87.3 cm³/mol. The number of carboxylic acid groups (broad SMARTS) is 1. The van der Waals surface area contributed by atoms with Crippen molar-refractivity contribution in [3.8, 4) is 11.5 Å². The molecule has 6 heteroatoms. The van der Waals surface area contributed by atoms with E-state index in [0.29, 0.717) is 44.3 Å². The molecule has 6 nitrogen and oxygen atoms in total. The molecule has 3 rings (SSSR count). The van der Waals surface area contributed by atoms with Crippen LogP contribution in [0.2, 0.25) is 0 Å². The van der Waals surface area contributed by atoms with E-state index in [0.717, 1.165) is 30.7 Å². The SMILES string of the molecule is O=C(O)CCC1CCCN(C(=O)Cc2ccc3c(c2)OCCO3)C1. The highest BCUT2D eigenvalue weighted by Crippen LogP contribution is 2.31. The van der Waals surface area contributed by atoms with Crippen LogP contribution >= 0.6 is 0 Å². The second kappa shape index (κ2) is 7.55. The number of likely N-dealkylation sites (tertiary alicyclic amines) is 1. The van der Waals surface area contributed by atoms with Gasteiger partial charge in [-0.3, -0.25) is 9.59 Å². The third-order valence-corrected chi connectivity index (χ3v) is 4.60. The first-order valence-electron chi connectivity index (χ1n) is 8.50. The molecule has 1 unspecified atom stereocenters. The maximum atomic E-state index is 12.6. The van der Waals surface area contributed by atoms with Gasteiger partial charge in [0.05, 0.1) is 6.42 Å². The number of rotatable bonds is 5. The zero-order valence-electron chi connectivity index (χ0n) is 13.7. The number of piperidine rings is 1. The molecule has 1 aromatic rings. The van der Waals surface area contributed by atoms with Gasteiger partial charge in [0.1, 0.15) is 13.2 Å². The van der Waals surface area contributed by atoms with Crippen molar-refractivity contribution in [2.75, 3.05) is 26.3 Å². The van der Waals surface area contributed by atoms with Crippen LogP contribution in [-0.4, -0.2) is 48.2 Å². The first-order chi connectivity index (χ1) is 11.6. The molecule has 2 aliphatic heterocycles. The maximum Gasteiger partial charge on any atom is 0.303 e. The summed E-state index contributed by atoms with van der Waals surface area (Å²) in [5, 5.41) is 8.81. The average molecular weight is 333 g/mol. The summed E-state index contributed by atoms with van der Waals surface area (Å²) in [7, 11) is 0. The average Bonchev–Trinajstić information content (AvgIpc) is 2.60. The molecule has 1 N–H and O–H groups in total. The monoisotopic (exact) mass is 333 g/mol. The maximum absolute atomic E-state index is 12.6. The molecule has 1 saturated heterocycles. The van der Waals surface area contributed by atoms with E-state index < -0.39 is 5.97 Å². The zero-order valence-corrected chi connectivity index (χ0v) is 13.7. The Morgan fingerprint density at radius 1 is 1.21 bits per heavy atom. The van der Waals surface area contributed by atoms with Gasteiger partial charge in [0.15, 0.2) is 11.5 Å². The normalized spacial score (nSPS) is 19.8. The second-order valence-electron chi connectivity index (χ2n) is 6.44. The largest absolute Gasteiger partial charge is 0.486 e. The molecule has 130 valence electrons. The predicted octanol–water partition coefficient (Wildman–Crippen LogP) is 2.10. The lowest BCUT2D eigenvalue weighted by atomic mass is 9.93. The fourth-order valence-electron chi connectivity index (χ4n) is 3.34. The molecule has 0 radical (unpaired) electrons. The number of fused-ring (bicyclic) bond motifs is 1. The van der Waals surface area contributed by atoms with Gasteiger partial charge in [0.2, 0.25) is 5.91 Å². The Morgan fingerprint density at radius 3 is 2.79 bits per heavy atom. The molecule has 0 saturated carbocycles. The van der Waals surface area contributed by atoms with Crippen molar-refractivity contribution < 1.29 is 24.2 Å². The summed E-state index contributed by atoms with van der Waals surface area (Å²) in [6.45, 7) is 2.50. The van der Waals surface area contributed by atoms with Crippen LogP contribution in [0, 0.1) is 5.92 Å². The molecule has 0 spiro atoms. The fourth-order valence-corrected chi connectivity index (χ4v) is 3.34. The number of carbonyl (C=O) groups is 2. The first-order valence-corrected chi connectivity index (χ1v) is 8.50. The summed E-state index contributed by atoms with van der Waals surface area (Å²) in [6.07, 6.45) is 3.10. The number of hydrogen-bond acceptors (Lipinski definition) is 4. The number of benzene rings is 1. The molecule has 2 heterocycles. The van der Waals surface area contributed by atoms with Crippen molar-refractivity contribution in [3.63, 3.8) is 0 Å². The molecule has 0 aromatic heterocycles. The van der Waals surface area contributed by atoms with E-state index in [4.69, 9.17) is 14.6 Å². The quantitative estimate of drug-likeness (QED) is 0.893. The minimum atomic E-state index is -0.769. The Bertz CT molecular complexity index is 615. The molecule has 2 aliphatic rings. The van der Waals surface area contributed by atoms with Gasteiger partial charge in [-0.2, -0.15) is 0 Å². The van der Waals surface area contributed by atoms with Crippen molar-refractivity contribution in [1.29, 1.82) is 0 Å². The van der Waals surface area contributed by atoms with Crippen molar-refractivity contribution in [3.05, 3.63) is 23.8 Å². The lowest BCUT2D eigenvalue weighted by Crippen LogP contribution is -2.40. The van der Waals surface area contributed by atoms with E-state index in [1.54, 1.807) is 0 Å². The van der Waals surface area contributed by atoms with Gasteiger partial charge in [-0.05, 0) is 42.9 Å². The number of amides is 1. The molecule has 24 heavy (non-hydrogen) atoms. The number of hydrogen-bond donors (Lipinski definition) is 1. The number of carbonyl (C=O) groups excluding carboxylic acids is 1. The summed E-state index contributed by atoms with van der Waals surface area (Å²) in [5.74, 6) is 1.04. The minimum absolute atomic E-state index is 0.0895. The fraction of sp³-hybridized carbons (Fsp3) is 0.556. The van der Waals surface area contributed by atoms with Crippen LogP contribution in [0.1, 0.15) is 31.2 Å². The van der Waals surface area contributed by atoms with Crippen molar-refractivity contribution in [2.24, 2.45) is 5.92 Å². The van der Waals surface area contributed by atoms with E-state index in [1.165, 1.54) is 0 Å². The second-order valence-corrected chi connectivity index (χ2v) is 6.44. The van der Waals surface area contributed by atoms with Gasteiger partial charge in [-0.25, -0.2) is 0 Å². The highest BCUT2D eigenvalue weighted by atomic mass is 16.6. The molecule has 1 amide bonds. The first kappa shape index (κ1) is 16.6. The molecule has 1 fully saturated rings. The zero-order chi connectivity index (χ0) is 16.9. The molecule has 0 bridgehead atoms. The summed E-state index contributed by atoms with van der Waals surface area (Å²) in [6, 6.07) is 5.62. The third-order valence-electron chi connectivity index (χ3n) is 4.60. The highest BCUT2D eigenvalue weighted by molar-refractivity contribution is 5.79. The molecule has 1 atom stereocenters. The van der Waals surface area contributed by atoms with Crippen molar-refractivity contribution in [1.82, 2.24) is 4.90 Å². The Morgan fingerprint density at radius 2 is 2.00 bits per heavy atom. The molecule has 1 aromatic carbocycles. The van der Waals surface area contributed by atoms with E-state index in [9.17, 15) is 9.59 Å².